The van der Waals surface area contributed by atoms with Gasteiger partial charge in [-0.3, -0.25) is 14.7 Å². The molecular formula is C28H31Cl2N3O2. The Morgan fingerprint density at radius 2 is 1.83 bits per heavy atom. The van der Waals surface area contributed by atoms with E-state index < -0.39 is 0 Å². The number of rotatable bonds is 5. The van der Waals surface area contributed by atoms with Crippen LogP contribution in [0.5, 0.6) is 0 Å². The van der Waals surface area contributed by atoms with E-state index in [0.717, 1.165) is 62.6 Å². The third kappa shape index (κ3) is 5.34. The van der Waals surface area contributed by atoms with Crippen molar-refractivity contribution in [1.29, 1.82) is 0 Å². The van der Waals surface area contributed by atoms with Crippen LogP contribution in [0.1, 0.15) is 35.3 Å². The second-order valence-electron chi connectivity index (χ2n) is 9.67. The van der Waals surface area contributed by atoms with E-state index in [2.05, 4.69) is 16.0 Å². The van der Waals surface area contributed by atoms with Crippen LogP contribution in [0.2, 0.25) is 10.0 Å². The molecule has 7 heteroatoms. The monoisotopic (exact) mass is 511 g/mol. The third-order valence-electron chi connectivity index (χ3n) is 7.66. The SMILES string of the molecule is CO[C@@H]1CN(C2CCN(C(=O)c3nccc4ccccc34)CC2)CCC1Cc1ccc(Cl)c(Cl)c1. The highest BCUT2D eigenvalue weighted by molar-refractivity contribution is 6.42. The summed E-state index contributed by atoms with van der Waals surface area (Å²) < 4.78 is 5.94. The lowest BCUT2D eigenvalue weighted by Gasteiger charge is -2.44. The van der Waals surface area contributed by atoms with Gasteiger partial charge >= 0.3 is 0 Å². The predicted molar refractivity (Wildman–Crippen MR) is 141 cm³/mol. The van der Waals surface area contributed by atoms with Gasteiger partial charge < -0.3 is 9.64 Å². The van der Waals surface area contributed by atoms with Crippen molar-refractivity contribution in [3.05, 3.63) is 76.0 Å². The highest BCUT2D eigenvalue weighted by Gasteiger charge is 2.35. The smallest absolute Gasteiger partial charge is 0.273 e. The number of likely N-dealkylation sites (tertiary alicyclic amines) is 2. The van der Waals surface area contributed by atoms with Gasteiger partial charge in [0.2, 0.25) is 0 Å². The highest BCUT2D eigenvalue weighted by Crippen LogP contribution is 2.30. The molecule has 184 valence electrons. The lowest BCUT2D eigenvalue weighted by Crippen LogP contribution is -2.53. The minimum atomic E-state index is 0.0374. The highest BCUT2D eigenvalue weighted by atomic mass is 35.5. The molecule has 5 rings (SSSR count). The lowest BCUT2D eigenvalue weighted by molar-refractivity contribution is -0.0325. The average Bonchev–Trinajstić information content (AvgIpc) is 2.90. The molecule has 0 radical (unpaired) electrons. The van der Waals surface area contributed by atoms with Crippen molar-refractivity contribution in [3.8, 4) is 0 Å². The number of fused-ring (bicyclic) bond motifs is 1. The quantitative estimate of drug-likeness (QED) is 0.439. The maximum atomic E-state index is 13.3. The molecule has 0 spiro atoms. The average molecular weight is 512 g/mol. The van der Waals surface area contributed by atoms with E-state index in [-0.39, 0.29) is 12.0 Å². The Morgan fingerprint density at radius 1 is 1.03 bits per heavy atom. The summed E-state index contributed by atoms with van der Waals surface area (Å²) in [7, 11) is 1.81. The molecule has 35 heavy (non-hydrogen) atoms. The molecule has 0 saturated carbocycles. The van der Waals surface area contributed by atoms with Crippen LogP contribution in [-0.2, 0) is 11.2 Å². The zero-order valence-corrected chi connectivity index (χ0v) is 21.5. The van der Waals surface area contributed by atoms with Crippen molar-refractivity contribution in [2.45, 2.75) is 37.8 Å². The summed E-state index contributed by atoms with van der Waals surface area (Å²) in [6.45, 7) is 3.49. The number of ether oxygens (including phenoxy) is 1. The molecule has 0 N–H and O–H groups in total. The van der Waals surface area contributed by atoms with Gasteiger partial charge in [0.15, 0.2) is 0 Å². The number of methoxy groups -OCH3 is 1. The van der Waals surface area contributed by atoms with Crippen LogP contribution in [0.15, 0.2) is 54.7 Å². The molecule has 2 fully saturated rings. The van der Waals surface area contributed by atoms with Crippen LogP contribution >= 0.6 is 23.2 Å². The summed E-state index contributed by atoms with van der Waals surface area (Å²) in [4.78, 5) is 22.2. The van der Waals surface area contributed by atoms with Gasteiger partial charge in [0, 0.05) is 44.4 Å². The largest absolute Gasteiger partial charge is 0.380 e. The van der Waals surface area contributed by atoms with E-state index in [0.29, 0.717) is 27.7 Å². The van der Waals surface area contributed by atoms with Crippen LogP contribution in [0, 0.1) is 5.92 Å². The Kier molecular flexibility index (Phi) is 7.59. The molecule has 0 bridgehead atoms. The van der Waals surface area contributed by atoms with E-state index in [1.807, 2.05) is 54.5 Å². The van der Waals surface area contributed by atoms with Crippen molar-refractivity contribution < 1.29 is 9.53 Å². The van der Waals surface area contributed by atoms with E-state index in [1.165, 1.54) is 5.56 Å². The van der Waals surface area contributed by atoms with E-state index in [9.17, 15) is 4.79 Å². The Morgan fingerprint density at radius 3 is 2.60 bits per heavy atom. The number of amides is 1. The number of carbonyl (C=O) groups is 1. The maximum Gasteiger partial charge on any atom is 0.273 e. The first kappa shape index (κ1) is 24.5. The van der Waals surface area contributed by atoms with Gasteiger partial charge in [0.1, 0.15) is 5.69 Å². The summed E-state index contributed by atoms with van der Waals surface area (Å²) >= 11 is 12.3. The number of nitrogens with zero attached hydrogens (tertiary/aromatic N) is 3. The number of aromatic nitrogens is 1. The fourth-order valence-electron chi connectivity index (χ4n) is 5.66. The first-order valence-electron chi connectivity index (χ1n) is 12.4. The van der Waals surface area contributed by atoms with Gasteiger partial charge in [-0.2, -0.15) is 0 Å². The summed E-state index contributed by atoms with van der Waals surface area (Å²) in [5.41, 5.74) is 1.76. The summed E-state index contributed by atoms with van der Waals surface area (Å²) in [6.07, 6.45) is 5.88. The predicted octanol–water partition coefficient (Wildman–Crippen LogP) is 5.73. The fourth-order valence-corrected chi connectivity index (χ4v) is 5.99. The molecule has 2 atom stereocenters. The normalized spacial score (nSPS) is 22.0. The molecule has 1 unspecified atom stereocenters. The number of benzene rings is 2. The second-order valence-corrected chi connectivity index (χ2v) is 10.5. The van der Waals surface area contributed by atoms with Crippen molar-refractivity contribution >= 4 is 39.9 Å². The number of hydrogen-bond acceptors (Lipinski definition) is 4. The van der Waals surface area contributed by atoms with Gasteiger partial charge in [0.25, 0.3) is 5.91 Å². The molecule has 2 aliphatic heterocycles. The Bertz CT molecular complexity index is 1190. The van der Waals surface area contributed by atoms with Gasteiger partial charge in [-0.15, -0.1) is 0 Å². The van der Waals surface area contributed by atoms with Gasteiger partial charge in [-0.05, 0) is 67.3 Å². The molecule has 1 aromatic heterocycles. The molecule has 1 amide bonds. The molecule has 2 saturated heterocycles. The van der Waals surface area contributed by atoms with Crippen LogP contribution in [-0.4, -0.2) is 66.1 Å². The molecule has 2 aromatic carbocycles. The zero-order valence-electron chi connectivity index (χ0n) is 20.0. The Balaban J connectivity index is 1.18. The van der Waals surface area contributed by atoms with E-state index >= 15 is 0 Å². The first-order chi connectivity index (χ1) is 17.0. The van der Waals surface area contributed by atoms with Crippen molar-refractivity contribution in [3.63, 3.8) is 0 Å². The van der Waals surface area contributed by atoms with Gasteiger partial charge in [0.05, 0.1) is 16.1 Å². The van der Waals surface area contributed by atoms with Crippen LogP contribution in [0.4, 0.5) is 0 Å². The number of halogens is 2. The van der Waals surface area contributed by atoms with Gasteiger partial charge in [-0.1, -0.05) is 53.5 Å². The zero-order chi connectivity index (χ0) is 24.4. The molecule has 3 aromatic rings. The summed E-state index contributed by atoms with van der Waals surface area (Å²) in [5, 5.41) is 3.18. The molecular weight excluding hydrogens is 481 g/mol. The summed E-state index contributed by atoms with van der Waals surface area (Å²) in [5.74, 6) is 0.489. The third-order valence-corrected chi connectivity index (χ3v) is 8.40. The summed E-state index contributed by atoms with van der Waals surface area (Å²) in [6, 6.07) is 16.3. The minimum absolute atomic E-state index is 0.0374. The Hall–Kier alpha value is -2.18. The van der Waals surface area contributed by atoms with Crippen molar-refractivity contribution in [2.24, 2.45) is 5.92 Å². The second kappa shape index (κ2) is 10.8. The molecule has 3 heterocycles. The first-order valence-corrected chi connectivity index (χ1v) is 13.1. The number of carbonyl (C=O) groups excluding carboxylic acids is 1. The van der Waals surface area contributed by atoms with Crippen LogP contribution in [0.25, 0.3) is 10.8 Å². The van der Waals surface area contributed by atoms with Crippen LogP contribution < -0.4 is 0 Å². The van der Waals surface area contributed by atoms with Crippen molar-refractivity contribution in [2.75, 3.05) is 33.3 Å². The number of piperidine rings is 2. The maximum absolute atomic E-state index is 13.3. The van der Waals surface area contributed by atoms with E-state index in [1.54, 1.807) is 6.20 Å². The molecule has 0 aliphatic carbocycles. The minimum Gasteiger partial charge on any atom is -0.380 e. The standard InChI is InChI=1S/C28H31Cl2N3O2/c1-35-26-18-33(13-9-21(26)16-19-6-7-24(29)25(30)17-19)22-10-14-32(15-11-22)28(34)27-23-5-3-2-4-20(23)8-12-31-27/h2-8,12,17,21-22,26H,9-11,13-16,18H2,1H3/t21?,26-/m1/s1. The van der Waals surface area contributed by atoms with Crippen molar-refractivity contribution in [1.82, 2.24) is 14.8 Å². The fraction of sp³-hybridized carbons (Fsp3) is 0.429. The van der Waals surface area contributed by atoms with Crippen LogP contribution in [0.3, 0.4) is 0 Å². The molecule has 2 aliphatic rings. The number of hydrogen-bond donors (Lipinski definition) is 0. The van der Waals surface area contributed by atoms with E-state index in [4.69, 9.17) is 27.9 Å². The number of pyridine rings is 1. The Labute approximate surface area is 217 Å². The van der Waals surface area contributed by atoms with Gasteiger partial charge in [-0.25, -0.2) is 0 Å². The molecule has 5 nitrogen and oxygen atoms in total. The topological polar surface area (TPSA) is 45.7 Å². The lowest BCUT2D eigenvalue weighted by atomic mass is 9.86.